The lowest BCUT2D eigenvalue weighted by molar-refractivity contribution is 0.458. The Bertz CT molecular complexity index is 693. The monoisotopic (exact) mass is 334 g/mol. The molecule has 108 valence electrons. The molecule has 0 aliphatic rings. The molecule has 2 rings (SSSR count). The number of imidazole rings is 1. The van der Waals surface area contributed by atoms with Crippen LogP contribution < -0.4 is 5.73 Å². The summed E-state index contributed by atoms with van der Waals surface area (Å²) in [5.41, 5.74) is 5.86. The molecule has 0 aliphatic carbocycles. The van der Waals surface area contributed by atoms with E-state index < -0.39 is 10.0 Å². The molecule has 6 nitrogen and oxygen atoms in total. The number of rotatable bonds is 4. The van der Waals surface area contributed by atoms with Crippen LogP contribution in [-0.4, -0.2) is 29.7 Å². The number of hydrogen-bond acceptors (Lipinski definition) is 4. The zero-order chi connectivity index (χ0) is 14.9. The number of hydrogen-bond donors (Lipinski definition) is 2. The van der Waals surface area contributed by atoms with Crippen molar-refractivity contribution in [3.8, 4) is 0 Å². The van der Waals surface area contributed by atoms with Crippen molar-refractivity contribution in [3.63, 3.8) is 0 Å². The van der Waals surface area contributed by atoms with E-state index in [1.165, 1.54) is 19.2 Å². The minimum absolute atomic E-state index is 0.0127. The van der Waals surface area contributed by atoms with Crippen LogP contribution in [0.4, 0.5) is 5.69 Å². The molecule has 9 heteroatoms. The third-order valence-electron chi connectivity index (χ3n) is 2.62. The van der Waals surface area contributed by atoms with E-state index in [2.05, 4.69) is 9.97 Å². The summed E-state index contributed by atoms with van der Waals surface area (Å²) in [4.78, 5) is 6.64. The quantitative estimate of drug-likeness (QED) is 0.837. The fraction of sp³-hybridized carbons (Fsp3) is 0.182. The highest BCUT2D eigenvalue weighted by molar-refractivity contribution is 7.89. The minimum atomic E-state index is -3.84. The average molecular weight is 335 g/mol. The normalized spacial score (nSPS) is 12.0. The summed E-state index contributed by atoms with van der Waals surface area (Å²) in [7, 11) is -2.42. The molecule has 0 saturated carbocycles. The van der Waals surface area contributed by atoms with Gasteiger partial charge in [0.15, 0.2) is 0 Å². The zero-order valence-corrected chi connectivity index (χ0v) is 12.8. The molecule has 2 aromatic rings. The first-order valence-corrected chi connectivity index (χ1v) is 7.71. The summed E-state index contributed by atoms with van der Waals surface area (Å²) < 4.78 is 26.1. The Morgan fingerprint density at radius 1 is 1.35 bits per heavy atom. The molecule has 0 amide bonds. The average Bonchev–Trinajstić information content (AvgIpc) is 2.79. The fourth-order valence-corrected chi connectivity index (χ4v) is 3.97. The lowest BCUT2D eigenvalue weighted by Crippen LogP contribution is -2.27. The van der Waals surface area contributed by atoms with Gasteiger partial charge in [-0.3, -0.25) is 0 Å². The summed E-state index contributed by atoms with van der Waals surface area (Å²) in [6.07, 6.45) is 3.15. The first-order valence-electron chi connectivity index (χ1n) is 5.51. The highest BCUT2D eigenvalue weighted by Gasteiger charge is 2.27. The first kappa shape index (κ1) is 15.1. The van der Waals surface area contributed by atoms with Gasteiger partial charge in [-0.05, 0) is 12.1 Å². The van der Waals surface area contributed by atoms with E-state index in [0.29, 0.717) is 11.5 Å². The molecular weight excluding hydrogens is 323 g/mol. The third-order valence-corrected chi connectivity index (χ3v) is 5.34. The van der Waals surface area contributed by atoms with Crippen molar-refractivity contribution >= 4 is 38.9 Å². The van der Waals surface area contributed by atoms with Gasteiger partial charge in [-0.2, -0.15) is 4.31 Å². The van der Waals surface area contributed by atoms with E-state index in [9.17, 15) is 8.42 Å². The maximum atomic E-state index is 12.5. The Morgan fingerprint density at radius 3 is 2.45 bits per heavy atom. The number of nitrogens with two attached hydrogens (primary N) is 1. The number of nitrogens with zero attached hydrogens (tertiary/aromatic N) is 2. The molecule has 0 fully saturated rings. The van der Waals surface area contributed by atoms with Crippen LogP contribution in [0.1, 0.15) is 5.82 Å². The van der Waals surface area contributed by atoms with Gasteiger partial charge >= 0.3 is 0 Å². The van der Waals surface area contributed by atoms with Crippen LogP contribution in [-0.2, 0) is 16.6 Å². The Kier molecular flexibility index (Phi) is 4.24. The number of halogens is 2. The summed E-state index contributed by atoms with van der Waals surface area (Å²) >= 11 is 11.9. The smallest absolute Gasteiger partial charge is 0.246 e. The van der Waals surface area contributed by atoms with E-state index in [1.54, 1.807) is 12.4 Å². The second kappa shape index (κ2) is 5.61. The van der Waals surface area contributed by atoms with Crippen LogP contribution in [0.2, 0.25) is 10.0 Å². The van der Waals surface area contributed by atoms with Crippen LogP contribution in [0.15, 0.2) is 29.4 Å². The lowest BCUT2D eigenvalue weighted by Gasteiger charge is -2.18. The van der Waals surface area contributed by atoms with Crippen LogP contribution in [0.25, 0.3) is 0 Å². The topological polar surface area (TPSA) is 92.1 Å². The summed E-state index contributed by atoms with van der Waals surface area (Å²) in [6, 6.07) is 2.70. The van der Waals surface area contributed by atoms with Crippen LogP contribution in [0.5, 0.6) is 0 Å². The van der Waals surface area contributed by atoms with Gasteiger partial charge in [0.2, 0.25) is 10.0 Å². The molecule has 1 aromatic heterocycles. The Balaban J connectivity index is 2.40. The molecule has 0 atom stereocenters. The summed E-state index contributed by atoms with van der Waals surface area (Å²) in [6.45, 7) is 0.0758. The zero-order valence-electron chi connectivity index (χ0n) is 10.5. The van der Waals surface area contributed by atoms with E-state index in [0.717, 1.165) is 4.31 Å². The van der Waals surface area contributed by atoms with Gasteiger partial charge in [0.25, 0.3) is 0 Å². The predicted molar refractivity (Wildman–Crippen MR) is 78.1 cm³/mol. The van der Waals surface area contributed by atoms with Crippen molar-refractivity contribution in [2.45, 2.75) is 11.4 Å². The van der Waals surface area contributed by atoms with Crippen molar-refractivity contribution in [2.75, 3.05) is 12.8 Å². The molecule has 0 radical (unpaired) electrons. The number of aromatic amines is 1. The predicted octanol–water partition coefficient (Wildman–Crippen LogP) is 2.12. The molecular formula is C11H12Cl2N4O2S. The number of sulfonamides is 1. The van der Waals surface area contributed by atoms with Crippen LogP contribution in [0.3, 0.4) is 0 Å². The Morgan fingerprint density at radius 2 is 1.95 bits per heavy atom. The van der Waals surface area contributed by atoms with Crippen molar-refractivity contribution < 1.29 is 8.42 Å². The minimum Gasteiger partial charge on any atom is -0.399 e. The van der Waals surface area contributed by atoms with E-state index >= 15 is 0 Å². The number of aromatic nitrogens is 2. The highest BCUT2D eigenvalue weighted by Crippen LogP contribution is 2.33. The van der Waals surface area contributed by atoms with Crippen LogP contribution >= 0.6 is 23.2 Å². The molecule has 0 unspecified atom stereocenters. The third kappa shape index (κ3) is 2.90. The van der Waals surface area contributed by atoms with Gasteiger partial charge in [0, 0.05) is 25.1 Å². The molecule has 1 heterocycles. The second-order valence-electron chi connectivity index (χ2n) is 4.11. The molecule has 0 bridgehead atoms. The Labute approximate surface area is 126 Å². The van der Waals surface area contributed by atoms with Gasteiger partial charge in [0.1, 0.15) is 10.7 Å². The molecule has 1 aromatic carbocycles. The molecule has 0 saturated heterocycles. The number of H-pyrrole nitrogens is 1. The van der Waals surface area contributed by atoms with Crippen molar-refractivity contribution in [1.29, 1.82) is 0 Å². The maximum Gasteiger partial charge on any atom is 0.246 e. The lowest BCUT2D eigenvalue weighted by atomic mass is 10.3. The van der Waals surface area contributed by atoms with Gasteiger partial charge in [-0.15, -0.1) is 0 Å². The standard InChI is InChI=1S/C11H12Cl2N4O2S/c1-17(6-10-15-2-3-16-10)20(18,19)11-8(12)4-7(14)5-9(11)13/h2-5H,6,14H2,1H3,(H,15,16). The van der Waals surface area contributed by atoms with Gasteiger partial charge in [0.05, 0.1) is 16.6 Å². The van der Waals surface area contributed by atoms with Gasteiger partial charge < -0.3 is 10.7 Å². The van der Waals surface area contributed by atoms with Crippen molar-refractivity contribution in [3.05, 3.63) is 40.4 Å². The number of benzene rings is 1. The fourth-order valence-electron chi connectivity index (χ4n) is 1.66. The molecule has 20 heavy (non-hydrogen) atoms. The van der Waals surface area contributed by atoms with Gasteiger partial charge in [-0.25, -0.2) is 13.4 Å². The van der Waals surface area contributed by atoms with Gasteiger partial charge in [-0.1, -0.05) is 23.2 Å². The van der Waals surface area contributed by atoms with E-state index in [1.807, 2.05) is 0 Å². The number of nitrogen functional groups attached to an aromatic ring is 1. The number of anilines is 1. The van der Waals surface area contributed by atoms with E-state index in [-0.39, 0.29) is 21.5 Å². The molecule has 3 N–H and O–H groups in total. The maximum absolute atomic E-state index is 12.5. The second-order valence-corrected chi connectivity index (χ2v) is 6.91. The largest absolute Gasteiger partial charge is 0.399 e. The molecule has 0 spiro atoms. The highest BCUT2D eigenvalue weighted by atomic mass is 35.5. The molecule has 0 aliphatic heterocycles. The Hall–Kier alpha value is -1.28. The SMILES string of the molecule is CN(Cc1ncc[nH]1)S(=O)(=O)c1c(Cl)cc(N)cc1Cl. The van der Waals surface area contributed by atoms with Crippen LogP contribution in [0, 0.1) is 0 Å². The van der Waals surface area contributed by atoms with Crippen molar-refractivity contribution in [2.24, 2.45) is 0 Å². The van der Waals surface area contributed by atoms with Crippen molar-refractivity contribution in [1.82, 2.24) is 14.3 Å². The first-order chi connectivity index (χ1) is 9.32. The van der Waals surface area contributed by atoms with E-state index in [4.69, 9.17) is 28.9 Å². The summed E-state index contributed by atoms with van der Waals surface area (Å²) in [5.74, 6) is 0.513. The summed E-state index contributed by atoms with van der Waals surface area (Å²) in [5, 5.41) is -0.0254. The number of nitrogens with one attached hydrogen (secondary N) is 1.